The highest BCUT2D eigenvalue weighted by Crippen LogP contribution is 2.34. The van der Waals surface area contributed by atoms with E-state index in [2.05, 4.69) is 52.3 Å². The number of β-amino-alcohol motifs (C(OH)–C–C–N with tert-alkyl or cyclic N) is 1. The minimum Gasteiger partial charge on any atom is -0.487 e. The Bertz CT molecular complexity index is 1480. The normalized spacial score (nSPS) is 16.1. The van der Waals surface area contributed by atoms with Gasteiger partial charge in [-0.05, 0) is 67.2 Å². The van der Waals surface area contributed by atoms with Gasteiger partial charge in [0.15, 0.2) is 17.1 Å². The summed E-state index contributed by atoms with van der Waals surface area (Å²) < 4.78 is 17.6. The van der Waals surface area contributed by atoms with E-state index in [-0.39, 0.29) is 6.61 Å². The summed E-state index contributed by atoms with van der Waals surface area (Å²) >= 11 is 0. The zero-order chi connectivity index (χ0) is 24.5. The molecule has 0 radical (unpaired) electrons. The van der Waals surface area contributed by atoms with Gasteiger partial charge in [-0.1, -0.05) is 54.6 Å². The number of likely N-dealkylation sites (tertiary alicyclic amines) is 1. The quantitative estimate of drug-likeness (QED) is 0.299. The van der Waals surface area contributed by atoms with Crippen LogP contribution in [0.5, 0.6) is 5.75 Å². The molecule has 0 amide bonds. The number of nitrogens with zero attached hydrogens (tertiary/aromatic N) is 2. The zero-order valence-electron chi connectivity index (χ0n) is 20.4. The van der Waals surface area contributed by atoms with Crippen molar-refractivity contribution in [2.24, 2.45) is 0 Å². The number of rotatable bonds is 7. The van der Waals surface area contributed by atoms with Gasteiger partial charge in [0.05, 0.1) is 6.20 Å². The second kappa shape index (κ2) is 9.80. The van der Waals surface area contributed by atoms with Crippen molar-refractivity contribution in [1.82, 2.24) is 9.88 Å². The van der Waals surface area contributed by atoms with Gasteiger partial charge in [0.1, 0.15) is 18.5 Å². The SMILES string of the molecule is Cc1cnc(-c2cc3cccc(OCC(O)CN4CCC(c5ccc6ccccc6c5)CC4)c3o2)o1. The molecule has 36 heavy (non-hydrogen) atoms. The predicted octanol–water partition coefficient (Wildman–Crippen LogP) is 6.17. The van der Waals surface area contributed by atoms with Gasteiger partial charge in [-0.15, -0.1) is 0 Å². The van der Waals surface area contributed by atoms with Crippen LogP contribution in [0.15, 0.2) is 81.8 Å². The van der Waals surface area contributed by atoms with Crippen LogP contribution < -0.4 is 4.74 Å². The van der Waals surface area contributed by atoms with Crippen molar-refractivity contribution >= 4 is 21.7 Å². The van der Waals surface area contributed by atoms with Gasteiger partial charge in [0.25, 0.3) is 5.89 Å². The first-order valence-corrected chi connectivity index (χ1v) is 12.6. The second-order valence-corrected chi connectivity index (χ2v) is 9.71. The smallest absolute Gasteiger partial charge is 0.263 e. The van der Waals surface area contributed by atoms with Crippen LogP contribution in [0.25, 0.3) is 33.4 Å². The highest BCUT2D eigenvalue weighted by atomic mass is 16.5. The number of furan rings is 1. The third-order valence-electron chi connectivity index (χ3n) is 7.07. The summed E-state index contributed by atoms with van der Waals surface area (Å²) in [6.45, 7) is 4.60. The number of hydrogen-bond acceptors (Lipinski definition) is 6. The zero-order valence-corrected chi connectivity index (χ0v) is 20.4. The van der Waals surface area contributed by atoms with Crippen LogP contribution in [-0.4, -0.2) is 47.3 Å². The Morgan fingerprint density at radius 1 is 0.972 bits per heavy atom. The van der Waals surface area contributed by atoms with E-state index in [9.17, 15) is 5.11 Å². The fourth-order valence-corrected chi connectivity index (χ4v) is 5.17. The van der Waals surface area contributed by atoms with E-state index in [0.717, 1.165) is 37.1 Å². The average Bonchev–Trinajstić information content (AvgIpc) is 3.54. The van der Waals surface area contributed by atoms with Crippen molar-refractivity contribution in [2.75, 3.05) is 26.2 Å². The maximum Gasteiger partial charge on any atom is 0.263 e. The summed E-state index contributed by atoms with van der Waals surface area (Å²) in [7, 11) is 0. The van der Waals surface area contributed by atoms with Crippen LogP contribution in [0.1, 0.15) is 30.1 Å². The van der Waals surface area contributed by atoms with E-state index >= 15 is 0 Å². The van der Waals surface area contributed by atoms with Crippen molar-refractivity contribution in [1.29, 1.82) is 0 Å². The highest BCUT2D eigenvalue weighted by Gasteiger charge is 2.23. The number of aliphatic hydroxyl groups is 1. The summed E-state index contributed by atoms with van der Waals surface area (Å²) in [5.74, 6) is 2.91. The molecular formula is C30H30N2O4. The van der Waals surface area contributed by atoms with E-state index < -0.39 is 6.10 Å². The molecule has 6 nitrogen and oxygen atoms in total. The van der Waals surface area contributed by atoms with Crippen LogP contribution in [0.4, 0.5) is 0 Å². The van der Waals surface area contributed by atoms with Crippen LogP contribution >= 0.6 is 0 Å². The number of aryl methyl sites for hydroxylation is 1. The van der Waals surface area contributed by atoms with Crippen LogP contribution in [-0.2, 0) is 0 Å². The number of hydrogen-bond donors (Lipinski definition) is 1. The summed E-state index contributed by atoms with van der Waals surface area (Å²) in [6.07, 6.45) is 3.28. The summed E-state index contributed by atoms with van der Waals surface area (Å²) in [5, 5.41) is 14.2. The van der Waals surface area contributed by atoms with Crippen LogP contribution in [0, 0.1) is 6.92 Å². The molecule has 5 aromatic rings. The van der Waals surface area contributed by atoms with Crippen molar-refractivity contribution in [3.05, 3.63) is 84.3 Å². The number of fused-ring (bicyclic) bond motifs is 2. The molecule has 1 aliphatic heterocycles. The summed E-state index contributed by atoms with van der Waals surface area (Å²) in [6, 6.07) is 23.0. The molecule has 1 saturated heterocycles. The molecule has 0 spiro atoms. The first kappa shape index (κ1) is 22.8. The third kappa shape index (κ3) is 4.74. The van der Waals surface area contributed by atoms with Gasteiger partial charge in [0, 0.05) is 11.9 Å². The van der Waals surface area contributed by atoms with E-state index in [1.165, 1.54) is 16.3 Å². The van der Waals surface area contributed by atoms with E-state index in [1.54, 1.807) is 6.20 Å². The van der Waals surface area contributed by atoms with E-state index in [1.807, 2.05) is 31.2 Å². The standard InChI is InChI=1S/C30H30N2O4/c1-20-17-31-30(35-20)28-16-25-7-4-8-27(29(25)36-28)34-19-26(33)18-32-13-11-22(12-14-32)24-10-9-21-5-2-3-6-23(21)15-24/h2-10,15-17,22,26,33H,11-14,18-19H2,1H3. The monoisotopic (exact) mass is 482 g/mol. The highest BCUT2D eigenvalue weighted by molar-refractivity contribution is 5.86. The number of para-hydroxylation sites is 1. The number of aliphatic hydroxyl groups excluding tert-OH is 1. The Hall–Kier alpha value is -3.61. The lowest BCUT2D eigenvalue weighted by molar-refractivity contribution is 0.0596. The first-order valence-electron chi connectivity index (χ1n) is 12.6. The first-order chi connectivity index (χ1) is 17.6. The van der Waals surface area contributed by atoms with Gasteiger partial charge in [-0.2, -0.15) is 0 Å². The third-order valence-corrected chi connectivity index (χ3v) is 7.07. The molecule has 1 unspecified atom stereocenters. The molecule has 2 aromatic heterocycles. The largest absolute Gasteiger partial charge is 0.487 e. The van der Waals surface area contributed by atoms with Gasteiger partial charge < -0.3 is 23.6 Å². The molecule has 3 heterocycles. The average molecular weight is 483 g/mol. The van der Waals surface area contributed by atoms with Crippen molar-refractivity contribution < 1.29 is 18.7 Å². The minimum atomic E-state index is -0.582. The molecule has 6 heteroatoms. The fourth-order valence-electron chi connectivity index (χ4n) is 5.17. The molecule has 0 aliphatic carbocycles. The lowest BCUT2D eigenvalue weighted by Gasteiger charge is -2.33. The maximum atomic E-state index is 10.7. The molecule has 1 atom stereocenters. The van der Waals surface area contributed by atoms with Crippen LogP contribution in [0.2, 0.25) is 0 Å². The van der Waals surface area contributed by atoms with Crippen molar-refractivity contribution in [2.45, 2.75) is 31.8 Å². The molecule has 1 aliphatic rings. The molecule has 0 saturated carbocycles. The molecule has 184 valence electrons. The Balaban J connectivity index is 1.04. The van der Waals surface area contributed by atoms with Gasteiger partial charge >= 0.3 is 0 Å². The number of ether oxygens (including phenoxy) is 1. The lowest BCUT2D eigenvalue weighted by Crippen LogP contribution is -2.40. The van der Waals surface area contributed by atoms with Gasteiger partial charge in [-0.25, -0.2) is 4.98 Å². The lowest BCUT2D eigenvalue weighted by atomic mass is 9.88. The molecule has 1 fully saturated rings. The Morgan fingerprint density at radius 2 is 1.78 bits per heavy atom. The number of piperidine rings is 1. The van der Waals surface area contributed by atoms with Gasteiger partial charge in [0.2, 0.25) is 0 Å². The van der Waals surface area contributed by atoms with E-state index in [0.29, 0.717) is 35.4 Å². The molecular weight excluding hydrogens is 452 g/mol. The number of aromatic nitrogens is 1. The summed E-state index contributed by atoms with van der Waals surface area (Å²) in [5.41, 5.74) is 2.05. The molecule has 6 rings (SSSR count). The minimum absolute atomic E-state index is 0.206. The topological polar surface area (TPSA) is 71.9 Å². The van der Waals surface area contributed by atoms with Gasteiger partial charge in [-0.3, -0.25) is 0 Å². The van der Waals surface area contributed by atoms with Crippen LogP contribution in [0.3, 0.4) is 0 Å². The number of oxazole rings is 1. The Labute approximate surface area is 210 Å². The molecule has 1 N–H and O–H groups in total. The van der Waals surface area contributed by atoms with Crippen molar-refractivity contribution in [3.63, 3.8) is 0 Å². The Kier molecular flexibility index (Phi) is 6.21. The fraction of sp³-hybridized carbons (Fsp3) is 0.300. The van der Waals surface area contributed by atoms with E-state index in [4.69, 9.17) is 13.6 Å². The molecule has 3 aromatic carbocycles. The Morgan fingerprint density at radius 3 is 2.58 bits per heavy atom. The second-order valence-electron chi connectivity index (χ2n) is 9.71. The summed E-state index contributed by atoms with van der Waals surface area (Å²) in [4.78, 5) is 6.58. The maximum absolute atomic E-state index is 10.7. The van der Waals surface area contributed by atoms with Crippen molar-refractivity contribution in [3.8, 4) is 17.4 Å². The molecule has 0 bridgehead atoms. The predicted molar refractivity (Wildman–Crippen MR) is 140 cm³/mol. The number of benzene rings is 3.